The number of carbonyl (C=O) groups is 1. The van der Waals surface area contributed by atoms with Crippen LogP contribution in [0.1, 0.15) is 17.5 Å². The Labute approximate surface area is 139 Å². The van der Waals surface area contributed by atoms with Gasteiger partial charge >= 0.3 is 12.1 Å². The smallest absolute Gasteiger partial charge is 0.417 e. The van der Waals surface area contributed by atoms with E-state index in [1.165, 1.54) is 18.2 Å². The van der Waals surface area contributed by atoms with Crippen LogP contribution in [0.25, 0.3) is 0 Å². The molecule has 1 heterocycles. The van der Waals surface area contributed by atoms with Crippen LogP contribution in [0.4, 0.5) is 13.2 Å². The highest BCUT2D eigenvalue weighted by Gasteiger charge is 2.31. The molecule has 0 aliphatic carbocycles. The molecule has 0 bridgehead atoms. The molecule has 9 heteroatoms. The lowest BCUT2D eigenvalue weighted by Gasteiger charge is -2.13. The van der Waals surface area contributed by atoms with Crippen molar-refractivity contribution in [1.29, 1.82) is 0 Å². The van der Waals surface area contributed by atoms with E-state index in [0.29, 0.717) is 17.8 Å². The van der Waals surface area contributed by atoms with Gasteiger partial charge in [0.2, 0.25) is 5.88 Å². The third kappa shape index (κ3) is 4.51. The standard InChI is InChI=1S/C15H11ClF3NO4/c16-11-5-9(15(17,18)19)7-20-14(11)24-12-6-10(21)3-1-8(12)2-4-13(22)23/h1,3,5-7,21H,2,4H2,(H,22,23). The van der Waals surface area contributed by atoms with Gasteiger partial charge in [0.25, 0.3) is 0 Å². The molecule has 1 aromatic carbocycles. The predicted octanol–water partition coefficient (Wildman–Crippen LogP) is 4.27. The van der Waals surface area contributed by atoms with Crippen molar-refractivity contribution in [2.24, 2.45) is 0 Å². The number of pyridine rings is 1. The van der Waals surface area contributed by atoms with Crippen LogP contribution in [0.5, 0.6) is 17.4 Å². The van der Waals surface area contributed by atoms with Crippen LogP contribution in [-0.4, -0.2) is 21.2 Å². The highest BCUT2D eigenvalue weighted by Crippen LogP contribution is 2.36. The molecule has 0 radical (unpaired) electrons. The van der Waals surface area contributed by atoms with Gasteiger partial charge in [-0.25, -0.2) is 4.98 Å². The molecule has 0 atom stereocenters. The van der Waals surface area contributed by atoms with E-state index < -0.39 is 17.7 Å². The first-order valence-corrected chi connectivity index (χ1v) is 6.99. The summed E-state index contributed by atoms with van der Waals surface area (Å²) in [5.41, 5.74) is -0.588. The van der Waals surface area contributed by atoms with Gasteiger partial charge in [0.15, 0.2) is 0 Å². The van der Waals surface area contributed by atoms with Gasteiger partial charge in [0.1, 0.15) is 16.5 Å². The number of nitrogens with zero attached hydrogens (tertiary/aromatic N) is 1. The molecule has 128 valence electrons. The van der Waals surface area contributed by atoms with Gasteiger partial charge in [-0.3, -0.25) is 4.79 Å². The molecule has 0 unspecified atom stereocenters. The first-order valence-electron chi connectivity index (χ1n) is 6.61. The number of aromatic nitrogens is 1. The van der Waals surface area contributed by atoms with Crippen LogP contribution in [0, 0.1) is 0 Å². The van der Waals surface area contributed by atoms with Crippen molar-refractivity contribution in [3.05, 3.63) is 46.6 Å². The number of carboxylic acids is 1. The SMILES string of the molecule is O=C(O)CCc1ccc(O)cc1Oc1ncc(C(F)(F)F)cc1Cl. The third-order valence-electron chi connectivity index (χ3n) is 3.00. The van der Waals surface area contributed by atoms with Gasteiger partial charge in [0, 0.05) is 18.7 Å². The van der Waals surface area contributed by atoms with Gasteiger partial charge in [0.05, 0.1) is 5.56 Å². The molecule has 2 aromatic rings. The Hall–Kier alpha value is -2.48. The number of hydrogen-bond donors (Lipinski definition) is 2. The van der Waals surface area contributed by atoms with Crippen LogP contribution in [-0.2, 0) is 17.4 Å². The number of phenolic OH excluding ortho intramolecular Hbond substituents is 1. The number of halogens is 4. The highest BCUT2D eigenvalue weighted by molar-refractivity contribution is 6.31. The summed E-state index contributed by atoms with van der Waals surface area (Å²) < 4.78 is 43.1. The maximum absolute atomic E-state index is 12.6. The lowest BCUT2D eigenvalue weighted by atomic mass is 10.1. The molecule has 0 aliphatic rings. The van der Waals surface area contributed by atoms with E-state index in [0.717, 1.165) is 0 Å². The van der Waals surface area contributed by atoms with Crippen molar-refractivity contribution in [1.82, 2.24) is 4.98 Å². The van der Waals surface area contributed by atoms with E-state index in [9.17, 15) is 23.1 Å². The van der Waals surface area contributed by atoms with Crippen molar-refractivity contribution in [3.63, 3.8) is 0 Å². The molecule has 5 nitrogen and oxygen atoms in total. The zero-order valence-corrected chi connectivity index (χ0v) is 12.7. The Bertz CT molecular complexity index is 765. The van der Waals surface area contributed by atoms with E-state index in [-0.39, 0.29) is 35.2 Å². The number of alkyl halides is 3. The van der Waals surface area contributed by atoms with E-state index in [1.807, 2.05) is 0 Å². The fourth-order valence-corrected chi connectivity index (χ4v) is 2.05. The molecule has 0 spiro atoms. The number of aliphatic carboxylic acids is 1. The Kier molecular flexibility index (Phi) is 5.18. The lowest BCUT2D eigenvalue weighted by molar-refractivity contribution is -0.138. The minimum absolute atomic E-state index is 0.0606. The second-order valence-corrected chi connectivity index (χ2v) is 5.20. The van der Waals surface area contributed by atoms with E-state index >= 15 is 0 Å². The lowest BCUT2D eigenvalue weighted by Crippen LogP contribution is -2.06. The first kappa shape index (κ1) is 17.9. The Morgan fingerprint density at radius 1 is 1.29 bits per heavy atom. The van der Waals surface area contributed by atoms with Gasteiger partial charge in [-0.15, -0.1) is 0 Å². The van der Waals surface area contributed by atoms with Gasteiger partial charge in [-0.1, -0.05) is 17.7 Å². The maximum atomic E-state index is 12.6. The summed E-state index contributed by atoms with van der Waals surface area (Å²) in [5.74, 6) is -1.41. The number of ether oxygens (including phenoxy) is 1. The van der Waals surface area contributed by atoms with E-state index in [1.54, 1.807) is 0 Å². The number of aromatic hydroxyl groups is 1. The Balaban J connectivity index is 2.30. The number of carboxylic acid groups (broad SMARTS) is 1. The summed E-state index contributed by atoms with van der Waals surface area (Å²) >= 11 is 5.76. The first-order chi connectivity index (χ1) is 11.2. The molecule has 24 heavy (non-hydrogen) atoms. The van der Waals surface area contributed by atoms with Gasteiger partial charge in [-0.05, 0) is 24.1 Å². The third-order valence-corrected chi connectivity index (χ3v) is 3.27. The quantitative estimate of drug-likeness (QED) is 0.831. The summed E-state index contributed by atoms with van der Waals surface area (Å²) in [6.45, 7) is 0. The number of benzene rings is 1. The Morgan fingerprint density at radius 2 is 2.00 bits per heavy atom. The molecule has 0 saturated heterocycles. The minimum Gasteiger partial charge on any atom is -0.508 e. The zero-order chi connectivity index (χ0) is 17.9. The van der Waals surface area contributed by atoms with Crippen LogP contribution in [0.15, 0.2) is 30.5 Å². The molecular weight excluding hydrogens is 351 g/mol. The fourth-order valence-electron chi connectivity index (χ4n) is 1.85. The fraction of sp³-hybridized carbons (Fsp3) is 0.200. The van der Waals surface area contributed by atoms with Crippen LogP contribution >= 0.6 is 11.6 Å². The second-order valence-electron chi connectivity index (χ2n) is 4.80. The summed E-state index contributed by atoms with van der Waals surface area (Å²) in [7, 11) is 0. The summed E-state index contributed by atoms with van der Waals surface area (Å²) in [6, 6.07) is 4.66. The zero-order valence-electron chi connectivity index (χ0n) is 12.0. The van der Waals surface area contributed by atoms with Gasteiger partial charge < -0.3 is 14.9 Å². The monoisotopic (exact) mass is 361 g/mol. The normalized spacial score (nSPS) is 11.3. The van der Waals surface area contributed by atoms with Crippen LogP contribution in [0.2, 0.25) is 5.02 Å². The van der Waals surface area contributed by atoms with Crippen molar-refractivity contribution in [2.45, 2.75) is 19.0 Å². The molecule has 0 aliphatic heterocycles. The summed E-state index contributed by atoms with van der Waals surface area (Å²) in [4.78, 5) is 14.2. The summed E-state index contributed by atoms with van der Waals surface area (Å²) in [5, 5.41) is 17.9. The van der Waals surface area contributed by atoms with E-state index in [2.05, 4.69) is 4.98 Å². The molecule has 1 aromatic heterocycles. The highest BCUT2D eigenvalue weighted by atomic mass is 35.5. The van der Waals surface area contributed by atoms with Crippen LogP contribution < -0.4 is 4.74 Å². The van der Waals surface area contributed by atoms with Crippen molar-refractivity contribution >= 4 is 17.6 Å². The predicted molar refractivity (Wildman–Crippen MR) is 78.4 cm³/mol. The molecular formula is C15H11ClF3NO4. The Morgan fingerprint density at radius 3 is 2.58 bits per heavy atom. The molecule has 0 saturated carbocycles. The number of aryl methyl sites for hydroxylation is 1. The topological polar surface area (TPSA) is 79.7 Å². The van der Waals surface area contributed by atoms with E-state index in [4.69, 9.17) is 21.4 Å². The molecule has 0 fully saturated rings. The average molecular weight is 362 g/mol. The molecule has 0 amide bonds. The van der Waals surface area contributed by atoms with Crippen LogP contribution in [0.3, 0.4) is 0 Å². The maximum Gasteiger partial charge on any atom is 0.417 e. The molecule has 2 rings (SSSR count). The largest absolute Gasteiger partial charge is 0.508 e. The number of rotatable bonds is 5. The minimum atomic E-state index is -4.59. The number of phenols is 1. The second kappa shape index (κ2) is 6.96. The van der Waals surface area contributed by atoms with Crippen molar-refractivity contribution in [3.8, 4) is 17.4 Å². The number of hydrogen-bond acceptors (Lipinski definition) is 4. The summed E-state index contributed by atoms with van der Waals surface area (Å²) in [6.07, 6.45) is -4.10. The van der Waals surface area contributed by atoms with Gasteiger partial charge in [-0.2, -0.15) is 13.2 Å². The average Bonchev–Trinajstić information content (AvgIpc) is 2.47. The van der Waals surface area contributed by atoms with Crippen molar-refractivity contribution in [2.75, 3.05) is 0 Å². The molecule has 2 N–H and O–H groups in total. The van der Waals surface area contributed by atoms with Crippen molar-refractivity contribution < 1.29 is 32.9 Å².